The normalized spacial score (nSPS) is 11.8. The molecule has 10 nitrogen and oxygen atoms in total. The molecule has 0 radical (unpaired) electrons. The number of rotatable bonds is 7. The molecule has 0 saturated heterocycles. The van der Waals surface area contributed by atoms with Gasteiger partial charge >= 0.3 is 0 Å². The number of hydrogen-bond donors (Lipinski definition) is 3. The molecular weight excluding hydrogens is 396 g/mol. The van der Waals surface area contributed by atoms with Crippen LogP contribution in [0.15, 0.2) is 46.2 Å². The van der Waals surface area contributed by atoms with Crippen LogP contribution in [0.2, 0.25) is 0 Å². The largest absolute Gasteiger partial charge is 0.386 e. The molecule has 0 heterocycles. The van der Waals surface area contributed by atoms with Crippen molar-refractivity contribution in [3.63, 3.8) is 0 Å². The van der Waals surface area contributed by atoms with Crippen LogP contribution in [0, 0.1) is 17.0 Å². The molecule has 0 aliphatic rings. The highest BCUT2D eigenvalue weighted by atomic mass is 32.2. The first-order valence-electron chi connectivity index (χ1n) is 7.55. The third kappa shape index (κ3) is 4.35. The van der Waals surface area contributed by atoms with E-state index in [2.05, 4.69) is 14.8 Å². The smallest absolute Gasteiger partial charge is 0.273 e. The number of anilines is 2. The standard InChI is InChI=1S/C15H18N4O6S2/c1-10-4-5-12(9-15(10)19(20)21)27(24,25)18-14-8-11(26(22,23)17-3)6-7-13(14)16-2/h4-9,16-18H,1-3H3. The van der Waals surface area contributed by atoms with Gasteiger partial charge in [0.25, 0.3) is 15.7 Å². The molecule has 27 heavy (non-hydrogen) atoms. The summed E-state index contributed by atoms with van der Waals surface area (Å²) < 4.78 is 53.7. The predicted molar refractivity (Wildman–Crippen MR) is 101 cm³/mol. The van der Waals surface area contributed by atoms with Crippen molar-refractivity contribution in [2.24, 2.45) is 0 Å². The van der Waals surface area contributed by atoms with Crippen LogP contribution < -0.4 is 14.8 Å². The Morgan fingerprint density at radius 1 is 0.889 bits per heavy atom. The minimum absolute atomic E-state index is 0.0166. The molecule has 3 N–H and O–H groups in total. The number of nitrogens with one attached hydrogen (secondary N) is 3. The Morgan fingerprint density at radius 3 is 2.04 bits per heavy atom. The second-order valence-electron chi connectivity index (χ2n) is 5.48. The first kappa shape index (κ1) is 20.6. The lowest BCUT2D eigenvalue weighted by molar-refractivity contribution is -0.385. The minimum atomic E-state index is -4.20. The molecule has 0 fully saturated rings. The molecule has 2 rings (SSSR count). The number of sulfonamides is 2. The zero-order valence-electron chi connectivity index (χ0n) is 14.7. The molecule has 0 atom stereocenters. The Bertz CT molecular complexity index is 1100. The van der Waals surface area contributed by atoms with Crippen molar-refractivity contribution in [1.82, 2.24) is 4.72 Å². The predicted octanol–water partition coefficient (Wildman–Crippen LogP) is 1.65. The highest BCUT2D eigenvalue weighted by Gasteiger charge is 2.22. The average Bonchev–Trinajstić information content (AvgIpc) is 2.61. The van der Waals surface area contributed by atoms with E-state index in [0.29, 0.717) is 11.3 Å². The Morgan fingerprint density at radius 2 is 1.48 bits per heavy atom. The van der Waals surface area contributed by atoms with Crippen LogP contribution in [-0.2, 0) is 20.0 Å². The summed E-state index contributed by atoms with van der Waals surface area (Å²) in [6.07, 6.45) is 0. The maximum atomic E-state index is 12.7. The Balaban J connectivity index is 2.53. The van der Waals surface area contributed by atoms with Gasteiger partial charge in [-0.1, -0.05) is 6.07 Å². The van der Waals surface area contributed by atoms with Gasteiger partial charge in [-0.3, -0.25) is 14.8 Å². The topological polar surface area (TPSA) is 148 Å². The van der Waals surface area contributed by atoms with Crippen LogP contribution in [-0.4, -0.2) is 35.9 Å². The summed E-state index contributed by atoms with van der Waals surface area (Å²) in [5, 5.41) is 13.8. The maximum absolute atomic E-state index is 12.7. The van der Waals surface area contributed by atoms with Crippen molar-refractivity contribution in [2.45, 2.75) is 16.7 Å². The number of nitro benzene ring substituents is 1. The number of nitro groups is 1. The lowest BCUT2D eigenvalue weighted by Crippen LogP contribution is -2.19. The van der Waals surface area contributed by atoms with Crippen LogP contribution in [0.4, 0.5) is 17.1 Å². The molecule has 0 unspecified atom stereocenters. The van der Waals surface area contributed by atoms with Crippen LogP contribution in [0.1, 0.15) is 5.56 Å². The number of aryl methyl sites for hydroxylation is 1. The summed E-state index contributed by atoms with van der Waals surface area (Å²) in [4.78, 5) is 9.92. The Hall–Kier alpha value is -2.70. The zero-order valence-corrected chi connectivity index (χ0v) is 16.3. The van der Waals surface area contributed by atoms with Gasteiger partial charge in [-0.2, -0.15) is 0 Å². The molecule has 0 amide bonds. The molecular formula is C15H18N4O6S2. The highest BCUT2D eigenvalue weighted by molar-refractivity contribution is 7.92. The van der Waals surface area contributed by atoms with E-state index in [1.165, 1.54) is 45.3 Å². The van der Waals surface area contributed by atoms with Gasteiger partial charge in [0, 0.05) is 18.7 Å². The van der Waals surface area contributed by atoms with E-state index in [0.717, 1.165) is 12.1 Å². The highest BCUT2D eigenvalue weighted by Crippen LogP contribution is 2.29. The molecule has 0 spiro atoms. The van der Waals surface area contributed by atoms with Gasteiger partial charge in [0.2, 0.25) is 10.0 Å². The fraction of sp³-hybridized carbons (Fsp3) is 0.200. The van der Waals surface area contributed by atoms with Gasteiger partial charge in [0.1, 0.15) is 0 Å². The zero-order chi connectivity index (χ0) is 20.4. The van der Waals surface area contributed by atoms with Gasteiger partial charge < -0.3 is 5.32 Å². The van der Waals surface area contributed by atoms with Crippen molar-refractivity contribution in [2.75, 3.05) is 24.1 Å². The number of nitrogens with zero attached hydrogens (tertiary/aromatic N) is 1. The van der Waals surface area contributed by atoms with Crippen molar-refractivity contribution in [3.05, 3.63) is 52.1 Å². The van der Waals surface area contributed by atoms with Crippen LogP contribution in [0.5, 0.6) is 0 Å². The molecule has 2 aromatic carbocycles. The fourth-order valence-corrected chi connectivity index (χ4v) is 4.11. The molecule has 0 aliphatic heterocycles. The summed E-state index contributed by atoms with van der Waals surface area (Å²) in [5.74, 6) is 0. The fourth-order valence-electron chi connectivity index (χ4n) is 2.27. The monoisotopic (exact) mass is 414 g/mol. The number of benzene rings is 2. The maximum Gasteiger partial charge on any atom is 0.273 e. The summed E-state index contributed by atoms with van der Waals surface area (Å²) in [6.45, 7) is 1.49. The molecule has 0 saturated carbocycles. The quantitative estimate of drug-likeness (QED) is 0.461. The van der Waals surface area contributed by atoms with Gasteiger partial charge in [-0.25, -0.2) is 21.6 Å². The first-order chi connectivity index (χ1) is 12.5. The van der Waals surface area contributed by atoms with Gasteiger partial charge in [-0.15, -0.1) is 0 Å². The number of hydrogen-bond acceptors (Lipinski definition) is 7. The SMILES string of the molecule is CNc1ccc(S(=O)(=O)NC)cc1NS(=O)(=O)c1ccc(C)c([N+](=O)[O-])c1. The molecule has 0 aliphatic carbocycles. The lowest BCUT2D eigenvalue weighted by atomic mass is 10.2. The van der Waals surface area contributed by atoms with E-state index in [4.69, 9.17) is 0 Å². The molecule has 0 aromatic heterocycles. The first-order valence-corrected chi connectivity index (χ1v) is 10.5. The lowest BCUT2D eigenvalue weighted by Gasteiger charge is -2.14. The second-order valence-corrected chi connectivity index (χ2v) is 9.04. The second kappa shape index (κ2) is 7.50. The molecule has 0 bridgehead atoms. The average molecular weight is 414 g/mol. The summed E-state index contributed by atoms with van der Waals surface area (Å²) in [7, 11) is -5.22. The minimum Gasteiger partial charge on any atom is -0.386 e. The van der Waals surface area contributed by atoms with Crippen molar-refractivity contribution >= 4 is 37.1 Å². The third-order valence-electron chi connectivity index (χ3n) is 3.77. The van der Waals surface area contributed by atoms with Crippen LogP contribution in [0.25, 0.3) is 0 Å². The summed E-state index contributed by atoms with van der Waals surface area (Å²) in [6, 6.07) is 7.38. The van der Waals surface area contributed by atoms with Gasteiger partial charge in [0.05, 0.1) is 26.1 Å². The van der Waals surface area contributed by atoms with Crippen LogP contribution in [0.3, 0.4) is 0 Å². The van der Waals surface area contributed by atoms with Gasteiger partial charge in [0.15, 0.2) is 0 Å². The summed E-state index contributed by atoms with van der Waals surface area (Å²) in [5.41, 5.74) is 0.294. The van der Waals surface area contributed by atoms with E-state index in [1.807, 2.05) is 0 Å². The van der Waals surface area contributed by atoms with Crippen molar-refractivity contribution in [3.8, 4) is 0 Å². The van der Waals surface area contributed by atoms with E-state index in [9.17, 15) is 26.9 Å². The molecule has 12 heteroatoms. The van der Waals surface area contributed by atoms with Crippen molar-refractivity contribution in [1.29, 1.82) is 0 Å². The van der Waals surface area contributed by atoms with E-state index >= 15 is 0 Å². The van der Waals surface area contributed by atoms with E-state index < -0.39 is 25.0 Å². The van der Waals surface area contributed by atoms with Crippen molar-refractivity contribution < 1.29 is 21.8 Å². The third-order valence-corrected chi connectivity index (χ3v) is 6.55. The van der Waals surface area contributed by atoms with Gasteiger partial charge in [-0.05, 0) is 38.2 Å². The van der Waals surface area contributed by atoms with E-state index in [1.54, 1.807) is 0 Å². The van der Waals surface area contributed by atoms with Crippen LogP contribution >= 0.6 is 0 Å². The molecule has 2 aromatic rings. The Labute approximate surface area is 156 Å². The molecule has 146 valence electrons. The van der Waals surface area contributed by atoms with E-state index in [-0.39, 0.29) is 21.2 Å². The summed E-state index contributed by atoms with van der Waals surface area (Å²) >= 11 is 0. The Kier molecular flexibility index (Phi) is 5.73.